The zero-order chi connectivity index (χ0) is 45.9. The third kappa shape index (κ3) is 8.53. The average Bonchev–Trinajstić information content (AvgIpc) is 3.87. The molecule has 4 nitrogen and oxygen atoms in total. The molecule has 0 unspecified atom stereocenters. The molecule has 3 aromatic heterocycles. The smallest absolute Gasteiger partial charge is 0.120 e. The molecule has 0 fully saturated rings. The first kappa shape index (κ1) is 36.1. The molecule has 1 radical (unpaired) electrons. The van der Waals surface area contributed by atoms with Crippen molar-refractivity contribution in [1.82, 2.24) is 14.5 Å². The molecule has 10 aromatic rings. The first-order valence-electron chi connectivity index (χ1n) is 22.8. The Morgan fingerprint density at radius 2 is 1.51 bits per heavy atom. The molecule has 0 saturated heterocycles. The Balaban J connectivity index is 0.000000189. The summed E-state index contributed by atoms with van der Waals surface area (Å²) in [6.07, 6.45) is 0.303. The van der Waals surface area contributed by atoms with Crippen molar-refractivity contribution in [2.45, 2.75) is 51.3 Å². The van der Waals surface area contributed by atoms with Gasteiger partial charge in [-0.25, -0.2) is 0 Å². The fourth-order valence-electron chi connectivity index (χ4n) is 7.92. The van der Waals surface area contributed by atoms with Crippen LogP contribution in [0.2, 0.25) is 17.3 Å². The largest absolute Gasteiger partial charge is 0.501 e. The zero-order valence-electron chi connectivity index (χ0n) is 40.1. The van der Waals surface area contributed by atoms with Gasteiger partial charge >= 0.3 is 145 Å². The van der Waals surface area contributed by atoms with Crippen molar-refractivity contribution < 1.29 is 31.4 Å². The maximum atomic E-state index is 8.80. The standard InChI is InChI=1S/C35H21N2O.C20H28GeN.Ir/c1-2-11-23(12-3-1)26-22-21-24-13-4-5-14-25(24)33(26)37-31-19-8-7-18-30(31)36-35(37)29-17-10-16-28-27-15-6-9-20-32(27)38-34(28)29;1-15-8-10-16(11-9-15)19-12-17(13-20(2,3)4)18(14-22-19)21(5,6)7;/h1-16,18-22H;8-10,12,14H,13H2,1-7H3;/q2*-1;/i;1D3,13D2;. The Morgan fingerprint density at radius 1 is 0.770 bits per heavy atom. The molecule has 0 aliphatic rings. The van der Waals surface area contributed by atoms with E-state index in [2.05, 4.69) is 136 Å². The van der Waals surface area contributed by atoms with Gasteiger partial charge in [0, 0.05) is 36.4 Å². The van der Waals surface area contributed by atoms with E-state index < -0.39 is 31.9 Å². The van der Waals surface area contributed by atoms with Gasteiger partial charge in [0.1, 0.15) is 5.58 Å². The predicted molar refractivity (Wildman–Crippen MR) is 255 cm³/mol. The van der Waals surface area contributed by atoms with Gasteiger partial charge in [0.2, 0.25) is 0 Å². The SMILES string of the molecule is [2H]C([2H])([2H])c1c[c-]c(-c2cc(C([2H])([2H])C(C)(C)C)[c]([Ge]([CH3])([CH3])[CH3])cn2)cc1.[Ir].[c-]1ccc2c(oc3ccccc32)c1-c1nc2ccccc2n1-c1c(-c2ccccc2)ccc2ccccc12. The van der Waals surface area contributed by atoms with Gasteiger partial charge in [0.05, 0.1) is 28.1 Å². The van der Waals surface area contributed by atoms with Crippen molar-refractivity contribution >= 4 is 61.4 Å². The number of rotatable bonds is 6. The monoisotopic (exact) mass is 1040 g/mol. The topological polar surface area (TPSA) is 43.9 Å². The van der Waals surface area contributed by atoms with E-state index in [0.29, 0.717) is 16.8 Å². The summed E-state index contributed by atoms with van der Waals surface area (Å²) in [4.78, 5) is 9.76. The molecule has 61 heavy (non-hydrogen) atoms. The Kier molecular flexibility index (Phi) is 10.1. The van der Waals surface area contributed by atoms with Crippen LogP contribution in [0.1, 0.15) is 38.8 Å². The molecule has 0 amide bonds. The van der Waals surface area contributed by atoms with Crippen LogP contribution in [-0.2, 0) is 26.5 Å². The van der Waals surface area contributed by atoms with Crippen molar-refractivity contribution in [3.63, 3.8) is 0 Å². The van der Waals surface area contributed by atoms with Crippen LogP contribution in [0.5, 0.6) is 0 Å². The summed E-state index contributed by atoms with van der Waals surface area (Å²) >= 11 is -2.36. The van der Waals surface area contributed by atoms with Crippen molar-refractivity contribution in [2.24, 2.45) is 5.41 Å². The van der Waals surface area contributed by atoms with Gasteiger partial charge < -0.3 is 8.98 Å². The minimum atomic E-state index is -2.36. The minimum Gasteiger partial charge on any atom is -0.501 e. The first-order valence-corrected chi connectivity index (χ1v) is 27.7. The number of para-hydroxylation sites is 3. The summed E-state index contributed by atoms with van der Waals surface area (Å²) in [6.45, 7) is 3.55. The van der Waals surface area contributed by atoms with Gasteiger partial charge in [0.25, 0.3) is 0 Å². The molecule has 0 bridgehead atoms. The average molecular weight is 1040 g/mol. The van der Waals surface area contributed by atoms with Crippen LogP contribution in [-0.4, -0.2) is 27.8 Å². The number of aryl methyl sites for hydroxylation is 1. The van der Waals surface area contributed by atoms with Crippen LogP contribution >= 0.6 is 0 Å². The number of aromatic nitrogens is 3. The molecule has 0 aliphatic carbocycles. The second kappa shape index (κ2) is 17.1. The molecule has 0 atom stereocenters. The summed E-state index contributed by atoms with van der Waals surface area (Å²) in [5.74, 6) is 7.51. The van der Waals surface area contributed by atoms with E-state index in [1.165, 1.54) is 11.5 Å². The minimum absolute atomic E-state index is 0. The molecule has 7 aromatic carbocycles. The van der Waals surface area contributed by atoms with Crippen LogP contribution in [0.3, 0.4) is 0 Å². The van der Waals surface area contributed by atoms with Crippen molar-refractivity contribution in [2.75, 3.05) is 0 Å². The van der Waals surface area contributed by atoms with Crippen LogP contribution in [0.15, 0.2) is 162 Å². The molecule has 0 aliphatic heterocycles. The summed E-state index contributed by atoms with van der Waals surface area (Å²) in [6, 6.07) is 57.1. The number of fused-ring (bicyclic) bond motifs is 5. The second-order valence-corrected chi connectivity index (χ2v) is 27.8. The number of pyridine rings is 1. The van der Waals surface area contributed by atoms with Gasteiger partial charge in [-0.3, -0.25) is 4.98 Å². The zero-order valence-corrected chi connectivity index (χ0v) is 39.6. The van der Waals surface area contributed by atoms with E-state index in [1.807, 2.05) is 63.4 Å². The summed E-state index contributed by atoms with van der Waals surface area (Å²) in [5.41, 5.74) is 9.52. The number of benzene rings is 7. The number of nitrogens with zero attached hydrogens (tertiary/aromatic N) is 3. The molecular weight excluding hydrogens is 983 g/mol. The summed E-state index contributed by atoms with van der Waals surface area (Å²) in [7, 11) is 0. The summed E-state index contributed by atoms with van der Waals surface area (Å²) < 4.78 is 49.8. The van der Waals surface area contributed by atoms with Gasteiger partial charge in [0.15, 0.2) is 0 Å². The van der Waals surface area contributed by atoms with E-state index >= 15 is 0 Å². The van der Waals surface area contributed by atoms with E-state index in [1.54, 1.807) is 12.1 Å². The van der Waals surface area contributed by atoms with Crippen molar-refractivity contribution in [3.8, 4) is 39.5 Å². The number of imidazole rings is 1. The van der Waals surface area contributed by atoms with Gasteiger partial charge in [-0.15, -0.1) is 18.2 Å². The quantitative estimate of drug-likeness (QED) is 0.123. The van der Waals surface area contributed by atoms with Gasteiger partial charge in [-0.2, -0.15) is 0 Å². The van der Waals surface area contributed by atoms with Crippen LogP contribution < -0.4 is 4.40 Å². The van der Waals surface area contributed by atoms with E-state index in [9.17, 15) is 0 Å². The van der Waals surface area contributed by atoms with Crippen molar-refractivity contribution in [1.29, 1.82) is 0 Å². The third-order valence-electron chi connectivity index (χ3n) is 10.6. The molecule has 6 heteroatoms. The first-order chi connectivity index (χ1) is 30.9. The van der Waals surface area contributed by atoms with Crippen LogP contribution in [0.4, 0.5) is 0 Å². The number of furan rings is 1. The molecule has 0 saturated carbocycles. The molecule has 10 rings (SSSR count). The third-order valence-corrected chi connectivity index (χ3v) is 14.9. The molecule has 3 heterocycles. The maximum Gasteiger partial charge on any atom is 0.120 e. The van der Waals surface area contributed by atoms with Crippen molar-refractivity contribution in [3.05, 3.63) is 181 Å². The van der Waals surface area contributed by atoms with E-state index in [0.717, 1.165) is 71.0 Å². The van der Waals surface area contributed by atoms with Gasteiger partial charge in [-0.05, 0) is 29.1 Å². The van der Waals surface area contributed by atoms with Crippen LogP contribution in [0.25, 0.3) is 83.2 Å². The number of hydrogen-bond acceptors (Lipinski definition) is 3. The summed E-state index contributed by atoms with van der Waals surface area (Å²) in [5, 5.41) is 4.50. The Labute approximate surface area is 382 Å². The number of hydrogen-bond donors (Lipinski definition) is 0. The van der Waals surface area contributed by atoms with E-state index in [4.69, 9.17) is 16.3 Å². The fraction of sp³-hybridized carbons (Fsp3) is 0.164. The van der Waals surface area contributed by atoms with Gasteiger partial charge in [-0.1, -0.05) is 108 Å². The Bertz CT molecular complexity index is 3370. The Morgan fingerprint density at radius 3 is 2.26 bits per heavy atom. The molecule has 0 spiro atoms. The second-order valence-electron chi connectivity index (χ2n) is 17.2. The molecule has 0 N–H and O–H groups in total. The fourth-order valence-corrected chi connectivity index (χ4v) is 10.8. The maximum absolute atomic E-state index is 8.80. The molecular formula is C55H49GeIrN3O-2. The van der Waals surface area contributed by atoms with E-state index in [-0.39, 0.29) is 25.7 Å². The van der Waals surface area contributed by atoms with Crippen LogP contribution in [0, 0.1) is 24.4 Å². The molecule has 305 valence electrons. The predicted octanol–water partition coefficient (Wildman–Crippen LogP) is 14.2. The Hall–Kier alpha value is -5.59. The normalized spacial score (nSPS) is 13.4.